The van der Waals surface area contributed by atoms with E-state index in [4.69, 9.17) is 14.2 Å². The van der Waals surface area contributed by atoms with Crippen LogP contribution in [0.4, 0.5) is 0 Å². The maximum absolute atomic E-state index is 13.2. The first-order valence-corrected chi connectivity index (χ1v) is 11.9. The van der Waals surface area contributed by atoms with Gasteiger partial charge in [-0.1, -0.05) is 12.1 Å². The third kappa shape index (κ3) is 5.95. The Morgan fingerprint density at radius 2 is 1.80 bits per heavy atom. The zero-order chi connectivity index (χ0) is 25.5. The van der Waals surface area contributed by atoms with E-state index in [0.717, 1.165) is 0 Å². The van der Waals surface area contributed by atoms with E-state index < -0.39 is 17.7 Å². The van der Waals surface area contributed by atoms with E-state index in [1.54, 1.807) is 30.3 Å². The fourth-order valence-corrected chi connectivity index (χ4v) is 4.08. The van der Waals surface area contributed by atoms with Crippen molar-refractivity contribution >= 4 is 17.4 Å². The van der Waals surface area contributed by atoms with Gasteiger partial charge in [-0.25, -0.2) is 0 Å². The number of aliphatic hydroxyl groups excluding tert-OH is 1. The van der Waals surface area contributed by atoms with Gasteiger partial charge in [0.15, 0.2) is 0 Å². The molecule has 1 atom stereocenters. The number of ether oxygens (including phenoxy) is 3. The lowest BCUT2D eigenvalue weighted by molar-refractivity contribution is -0.140. The van der Waals surface area contributed by atoms with Crippen LogP contribution in [0.3, 0.4) is 0 Å². The fraction of sp³-hybridized carbons (Fsp3) is 0.407. The number of hydrogen-bond acceptors (Lipinski definition) is 7. The molecule has 2 aromatic carbocycles. The molecule has 1 amide bonds. The number of phenols is 1. The molecule has 8 heteroatoms. The van der Waals surface area contributed by atoms with E-state index in [2.05, 4.69) is 0 Å². The molecule has 1 aliphatic heterocycles. The molecule has 35 heavy (non-hydrogen) atoms. The van der Waals surface area contributed by atoms with Crippen molar-refractivity contribution in [3.8, 4) is 17.2 Å². The Labute approximate surface area is 205 Å². The SMILES string of the molecule is CCOc1ccc(/C(O)=C2/C(=O)C(=O)N(CCCOC(C)C)C2c2cccc(O)c2)c(OCC)c1. The van der Waals surface area contributed by atoms with Crippen LogP contribution in [0.5, 0.6) is 17.2 Å². The third-order valence-electron chi connectivity index (χ3n) is 5.54. The molecule has 1 fully saturated rings. The van der Waals surface area contributed by atoms with Gasteiger partial charge in [-0.15, -0.1) is 0 Å². The summed E-state index contributed by atoms with van der Waals surface area (Å²) in [6, 6.07) is 10.4. The summed E-state index contributed by atoms with van der Waals surface area (Å²) < 4.78 is 16.8. The number of hydrogen-bond donors (Lipinski definition) is 2. The normalized spacial score (nSPS) is 17.3. The van der Waals surface area contributed by atoms with Crippen LogP contribution in [-0.4, -0.2) is 59.3 Å². The van der Waals surface area contributed by atoms with Crippen molar-refractivity contribution in [2.24, 2.45) is 0 Å². The summed E-state index contributed by atoms with van der Waals surface area (Å²) in [4.78, 5) is 27.7. The van der Waals surface area contributed by atoms with Crippen LogP contribution < -0.4 is 9.47 Å². The Balaban J connectivity index is 2.10. The molecule has 2 aromatic rings. The second kappa shape index (κ2) is 11.8. The predicted octanol–water partition coefficient (Wildman–Crippen LogP) is 4.43. The highest BCUT2D eigenvalue weighted by Crippen LogP contribution is 2.42. The summed E-state index contributed by atoms with van der Waals surface area (Å²) in [5.41, 5.74) is 0.733. The lowest BCUT2D eigenvalue weighted by Gasteiger charge is -2.25. The number of aliphatic hydroxyl groups is 1. The maximum Gasteiger partial charge on any atom is 0.295 e. The van der Waals surface area contributed by atoms with Gasteiger partial charge in [0, 0.05) is 19.2 Å². The molecule has 3 rings (SSSR count). The van der Waals surface area contributed by atoms with E-state index >= 15 is 0 Å². The molecule has 1 aliphatic rings. The van der Waals surface area contributed by atoms with Crippen LogP contribution in [0.15, 0.2) is 48.0 Å². The number of aromatic hydroxyl groups is 1. The van der Waals surface area contributed by atoms with Gasteiger partial charge >= 0.3 is 0 Å². The first-order chi connectivity index (χ1) is 16.8. The zero-order valence-corrected chi connectivity index (χ0v) is 20.6. The number of phenolic OH excluding ortho intramolecular Hbond substituents is 1. The molecule has 1 heterocycles. The fourth-order valence-electron chi connectivity index (χ4n) is 4.08. The minimum atomic E-state index is -0.873. The quantitative estimate of drug-likeness (QED) is 0.211. The van der Waals surface area contributed by atoms with Crippen molar-refractivity contribution in [2.75, 3.05) is 26.4 Å². The Kier molecular flexibility index (Phi) is 8.76. The van der Waals surface area contributed by atoms with E-state index in [9.17, 15) is 19.8 Å². The largest absolute Gasteiger partial charge is 0.508 e. The molecular formula is C27H33NO7. The predicted molar refractivity (Wildman–Crippen MR) is 132 cm³/mol. The number of likely N-dealkylation sites (tertiary alicyclic amines) is 1. The standard InChI is InChI=1S/C27H33NO7/c1-5-33-20-11-12-21(22(16-20)34-6-2)25(30)23-24(18-9-7-10-19(29)15-18)28(27(32)26(23)31)13-8-14-35-17(3)4/h7,9-12,15-17,24,29-30H,5-6,8,13-14H2,1-4H3/b25-23-. The first kappa shape index (κ1) is 26.1. The van der Waals surface area contributed by atoms with Crippen LogP contribution in [0.2, 0.25) is 0 Å². The molecule has 0 saturated carbocycles. The topological polar surface area (TPSA) is 106 Å². The summed E-state index contributed by atoms with van der Waals surface area (Å²) >= 11 is 0. The van der Waals surface area contributed by atoms with Gasteiger partial charge in [0.05, 0.1) is 36.5 Å². The molecular weight excluding hydrogens is 450 g/mol. The second-order valence-electron chi connectivity index (χ2n) is 8.38. The minimum absolute atomic E-state index is 0.00713. The Hall–Kier alpha value is -3.52. The highest BCUT2D eigenvalue weighted by molar-refractivity contribution is 6.46. The van der Waals surface area contributed by atoms with Gasteiger partial charge in [0.1, 0.15) is 23.0 Å². The number of amides is 1. The summed E-state index contributed by atoms with van der Waals surface area (Å²) in [5, 5.41) is 21.5. The minimum Gasteiger partial charge on any atom is -0.508 e. The maximum atomic E-state index is 13.2. The van der Waals surface area contributed by atoms with Crippen molar-refractivity contribution in [3.63, 3.8) is 0 Å². The highest BCUT2D eigenvalue weighted by Gasteiger charge is 2.46. The van der Waals surface area contributed by atoms with Gasteiger partial charge in [-0.3, -0.25) is 9.59 Å². The van der Waals surface area contributed by atoms with Crippen LogP contribution in [0, 0.1) is 0 Å². The van der Waals surface area contributed by atoms with Gasteiger partial charge in [-0.05, 0) is 63.9 Å². The molecule has 188 valence electrons. The van der Waals surface area contributed by atoms with Crippen molar-refractivity contribution in [1.29, 1.82) is 0 Å². The second-order valence-corrected chi connectivity index (χ2v) is 8.38. The smallest absolute Gasteiger partial charge is 0.295 e. The average Bonchev–Trinajstić information content (AvgIpc) is 3.07. The third-order valence-corrected chi connectivity index (χ3v) is 5.54. The molecule has 0 radical (unpaired) electrons. The van der Waals surface area contributed by atoms with Crippen LogP contribution >= 0.6 is 0 Å². The van der Waals surface area contributed by atoms with Gasteiger partial charge < -0.3 is 29.3 Å². The van der Waals surface area contributed by atoms with Crippen LogP contribution in [0.25, 0.3) is 5.76 Å². The summed E-state index contributed by atoms with van der Waals surface area (Å²) in [5.74, 6) is -0.966. The summed E-state index contributed by atoms with van der Waals surface area (Å²) in [6.07, 6.45) is 0.553. The molecule has 0 aromatic heterocycles. The number of Topliss-reactive ketones (excluding diaryl/α,β-unsaturated/α-hetero) is 1. The van der Waals surface area contributed by atoms with Gasteiger partial charge in [0.2, 0.25) is 0 Å². The molecule has 2 N–H and O–H groups in total. The first-order valence-electron chi connectivity index (χ1n) is 11.9. The number of benzene rings is 2. The van der Waals surface area contributed by atoms with Crippen molar-refractivity contribution in [1.82, 2.24) is 4.90 Å². The number of rotatable bonds is 11. The lowest BCUT2D eigenvalue weighted by Crippen LogP contribution is -2.31. The van der Waals surface area contributed by atoms with Crippen molar-refractivity contribution < 1.29 is 34.0 Å². The van der Waals surface area contributed by atoms with Gasteiger partial charge in [0.25, 0.3) is 11.7 Å². The number of carbonyl (C=O) groups is 2. The molecule has 0 bridgehead atoms. The molecule has 8 nitrogen and oxygen atoms in total. The average molecular weight is 484 g/mol. The Bertz CT molecular complexity index is 1090. The zero-order valence-electron chi connectivity index (χ0n) is 20.6. The summed E-state index contributed by atoms with van der Waals surface area (Å²) in [7, 11) is 0. The van der Waals surface area contributed by atoms with E-state index in [-0.39, 0.29) is 35.3 Å². The van der Waals surface area contributed by atoms with E-state index in [1.165, 1.54) is 17.0 Å². The lowest BCUT2D eigenvalue weighted by atomic mass is 9.94. The van der Waals surface area contributed by atoms with Crippen molar-refractivity contribution in [3.05, 3.63) is 59.2 Å². The number of nitrogens with zero attached hydrogens (tertiary/aromatic N) is 1. The highest BCUT2D eigenvalue weighted by atomic mass is 16.5. The molecule has 1 saturated heterocycles. The van der Waals surface area contributed by atoms with E-state index in [0.29, 0.717) is 43.3 Å². The summed E-state index contributed by atoms with van der Waals surface area (Å²) in [6.45, 7) is 8.96. The van der Waals surface area contributed by atoms with Crippen LogP contribution in [0.1, 0.15) is 51.3 Å². The van der Waals surface area contributed by atoms with Gasteiger partial charge in [-0.2, -0.15) is 0 Å². The molecule has 0 aliphatic carbocycles. The molecule has 1 unspecified atom stereocenters. The van der Waals surface area contributed by atoms with Crippen LogP contribution in [-0.2, 0) is 14.3 Å². The Morgan fingerprint density at radius 1 is 1.06 bits per heavy atom. The monoisotopic (exact) mass is 483 g/mol. The van der Waals surface area contributed by atoms with E-state index in [1.807, 2.05) is 27.7 Å². The number of carbonyl (C=O) groups excluding carboxylic acids is 2. The number of ketones is 1. The Morgan fingerprint density at radius 3 is 2.46 bits per heavy atom. The molecule has 0 spiro atoms. The van der Waals surface area contributed by atoms with Crippen molar-refractivity contribution in [2.45, 2.75) is 46.3 Å².